The third-order valence-electron chi connectivity index (χ3n) is 1.91. The lowest BCUT2D eigenvalue weighted by Gasteiger charge is -2.06. The van der Waals surface area contributed by atoms with E-state index in [1.54, 1.807) is 0 Å². The molecule has 0 atom stereocenters. The first kappa shape index (κ1) is 11.7. The number of hydrogen-bond donors (Lipinski definition) is 0. The van der Waals surface area contributed by atoms with Crippen LogP contribution in [0.3, 0.4) is 0 Å². The van der Waals surface area contributed by atoms with Crippen molar-refractivity contribution in [2.75, 3.05) is 7.11 Å². The van der Waals surface area contributed by atoms with Gasteiger partial charge in [-0.3, -0.25) is 9.59 Å². The number of methoxy groups -OCH3 is 1. The molecular formula is C10H8ClFO3. The number of benzene rings is 1. The molecule has 15 heavy (non-hydrogen) atoms. The summed E-state index contributed by atoms with van der Waals surface area (Å²) in [5.74, 6) is -1.38. The Morgan fingerprint density at radius 1 is 1.60 bits per heavy atom. The molecule has 0 heterocycles. The number of halogens is 2. The molecule has 0 radical (unpaired) electrons. The molecule has 1 aromatic carbocycles. The van der Waals surface area contributed by atoms with Crippen LogP contribution in [-0.2, 0) is 16.0 Å². The van der Waals surface area contributed by atoms with Crippen LogP contribution in [0, 0.1) is 5.82 Å². The Hall–Kier alpha value is -1.42. The molecule has 0 saturated carbocycles. The van der Waals surface area contributed by atoms with Crippen LogP contribution in [-0.4, -0.2) is 19.4 Å². The summed E-state index contributed by atoms with van der Waals surface area (Å²) in [7, 11) is 1.19. The van der Waals surface area contributed by atoms with Crippen molar-refractivity contribution in [2.45, 2.75) is 6.42 Å². The van der Waals surface area contributed by atoms with E-state index in [0.29, 0.717) is 6.29 Å². The minimum absolute atomic E-state index is 0.0376. The molecule has 5 heteroatoms. The number of hydrogen-bond acceptors (Lipinski definition) is 3. The molecule has 0 fully saturated rings. The van der Waals surface area contributed by atoms with Gasteiger partial charge in [0.1, 0.15) is 12.1 Å². The van der Waals surface area contributed by atoms with Gasteiger partial charge in [0.15, 0.2) is 0 Å². The van der Waals surface area contributed by atoms with E-state index in [9.17, 15) is 14.0 Å². The maximum atomic E-state index is 13.4. The van der Waals surface area contributed by atoms with Gasteiger partial charge in [-0.1, -0.05) is 11.6 Å². The van der Waals surface area contributed by atoms with Crippen molar-refractivity contribution < 1.29 is 18.7 Å². The van der Waals surface area contributed by atoms with E-state index in [2.05, 4.69) is 4.74 Å². The van der Waals surface area contributed by atoms with E-state index in [4.69, 9.17) is 11.6 Å². The van der Waals surface area contributed by atoms with Crippen molar-refractivity contribution in [1.82, 2.24) is 0 Å². The molecule has 0 aliphatic carbocycles. The van der Waals surface area contributed by atoms with Gasteiger partial charge in [0.05, 0.1) is 18.6 Å². The van der Waals surface area contributed by atoms with Crippen LogP contribution in [0.2, 0.25) is 5.02 Å². The zero-order chi connectivity index (χ0) is 11.4. The monoisotopic (exact) mass is 230 g/mol. The number of aldehydes is 1. The Kier molecular flexibility index (Phi) is 3.80. The van der Waals surface area contributed by atoms with E-state index < -0.39 is 11.8 Å². The minimum Gasteiger partial charge on any atom is -0.469 e. The highest BCUT2D eigenvalue weighted by Crippen LogP contribution is 2.21. The molecule has 80 valence electrons. The topological polar surface area (TPSA) is 43.4 Å². The summed E-state index contributed by atoms with van der Waals surface area (Å²) < 4.78 is 17.8. The van der Waals surface area contributed by atoms with Gasteiger partial charge in [-0.05, 0) is 12.1 Å². The Labute approximate surface area is 90.8 Å². The number of carbonyl (C=O) groups excluding carboxylic acids is 2. The van der Waals surface area contributed by atoms with Crippen LogP contribution in [0.5, 0.6) is 0 Å². The van der Waals surface area contributed by atoms with E-state index in [-0.39, 0.29) is 22.6 Å². The second-order valence-corrected chi connectivity index (χ2v) is 3.21. The third-order valence-corrected chi connectivity index (χ3v) is 2.20. The lowest BCUT2D eigenvalue weighted by Crippen LogP contribution is -2.09. The average molecular weight is 231 g/mol. The summed E-state index contributed by atoms with van der Waals surface area (Å²) in [5.41, 5.74) is 0.0617. The fraction of sp³-hybridized carbons (Fsp3) is 0.200. The third kappa shape index (κ3) is 2.53. The highest BCUT2D eigenvalue weighted by atomic mass is 35.5. The van der Waals surface area contributed by atoms with Gasteiger partial charge >= 0.3 is 5.97 Å². The molecule has 0 spiro atoms. The molecule has 0 saturated heterocycles. The lowest BCUT2D eigenvalue weighted by molar-refractivity contribution is -0.139. The molecule has 0 N–H and O–H groups in total. The first-order valence-corrected chi connectivity index (χ1v) is 4.46. The first-order valence-electron chi connectivity index (χ1n) is 4.09. The number of carbonyl (C=O) groups is 2. The highest BCUT2D eigenvalue weighted by molar-refractivity contribution is 6.30. The normalized spacial score (nSPS) is 9.80. The summed E-state index contributed by atoms with van der Waals surface area (Å²) in [6.07, 6.45) is 0.161. The van der Waals surface area contributed by atoms with Crippen molar-refractivity contribution in [3.63, 3.8) is 0 Å². The van der Waals surface area contributed by atoms with Crippen LogP contribution in [0.15, 0.2) is 12.1 Å². The van der Waals surface area contributed by atoms with Crippen LogP contribution in [0.1, 0.15) is 15.9 Å². The maximum absolute atomic E-state index is 13.4. The number of rotatable bonds is 3. The van der Waals surface area contributed by atoms with E-state index >= 15 is 0 Å². The zero-order valence-corrected chi connectivity index (χ0v) is 8.68. The highest BCUT2D eigenvalue weighted by Gasteiger charge is 2.15. The summed E-state index contributed by atoms with van der Waals surface area (Å²) in [6.45, 7) is 0. The SMILES string of the molecule is COC(=O)Cc1c(C=O)ccc(Cl)c1F. The summed E-state index contributed by atoms with van der Waals surface area (Å²) in [6, 6.07) is 2.62. The van der Waals surface area contributed by atoms with E-state index in [1.807, 2.05) is 0 Å². The van der Waals surface area contributed by atoms with Gasteiger partial charge in [-0.2, -0.15) is 0 Å². The van der Waals surface area contributed by atoms with E-state index in [1.165, 1.54) is 19.2 Å². The predicted molar refractivity (Wildman–Crippen MR) is 52.5 cm³/mol. The molecule has 1 rings (SSSR count). The van der Waals surface area contributed by atoms with Crippen LogP contribution < -0.4 is 0 Å². The Morgan fingerprint density at radius 2 is 2.27 bits per heavy atom. The molecule has 0 amide bonds. The number of esters is 1. The summed E-state index contributed by atoms with van der Waals surface area (Å²) in [4.78, 5) is 21.6. The minimum atomic E-state index is -0.758. The van der Waals surface area contributed by atoms with Crippen LogP contribution >= 0.6 is 11.6 Å². The predicted octanol–water partition coefficient (Wildman–Crippen LogP) is 2.01. The zero-order valence-electron chi connectivity index (χ0n) is 7.92. The summed E-state index contributed by atoms with van der Waals surface area (Å²) >= 11 is 5.53. The number of ether oxygens (including phenoxy) is 1. The van der Waals surface area contributed by atoms with Crippen molar-refractivity contribution in [3.8, 4) is 0 Å². The van der Waals surface area contributed by atoms with Gasteiger partial charge in [0.25, 0.3) is 0 Å². The van der Waals surface area contributed by atoms with Gasteiger partial charge in [0, 0.05) is 11.1 Å². The molecular weight excluding hydrogens is 223 g/mol. The molecule has 3 nitrogen and oxygen atoms in total. The molecule has 0 aliphatic heterocycles. The smallest absolute Gasteiger partial charge is 0.310 e. The first-order chi connectivity index (χ1) is 7.10. The van der Waals surface area contributed by atoms with Crippen molar-refractivity contribution >= 4 is 23.9 Å². The second-order valence-electron chi connectivity index (χ2n) is 2.80. The second kappa shape index (κ2) is 4.89. The van der Waals surface area contributed by atoms with Crippen molar-refractivity contribution in [2.24, 2.45) is 0 Å². The van der Waals surface area contributed by atoms with Crippen LogP contribution in [0.4, 0.5) is 4.39 Å². The standard InChI is InChI=1S/C10H8ClFO3/c1-15-9(14)4-7-6(5-13)2-3-8(11)10(7)12/h2-3,5H,4H2,1H3. The molecule has 0 aromatic heterocycles. The lowest BCUT2D eigenvalue weighted by atomic mass is 10.0. The van der Waals surface area contributed by atoms with Crippen molar-refractivity contribution in [3.05, 3.63) is 34.1 Å². The fourth-order valence-electron chi connectivity index (χ4n) is 1.11. The summed E-state index contributed by atoms with van der Waals surface area (Å²) in [5, 5.41) is -0.125. The Bertz CT molecular complexity index is 404. The Morgan fingerprint density at radius 3 is 2.80 bits per heavy atom. The molecule has 0 unspecified atom stereocenters. The molecule has 0 bridgehead atoms. The fourth-order valence-corrected chi connectivity index (χ4v) is 1.29. The van der Waals surface area contributed by atoms with Gasteiger partial charge < -0.3 is 4.74 Å². The van der Waals surface area contributed by atoms with Crippen LogP contribution in [0.25, 0.3) is 0 Å². The Balaban J connectivity index is 3.17. The van der Waals surface area contributed by atoms with Gasteiger partial charge in [-0.25, -0.2) is 4.39 Å². The maximum Gasteiger partial charge on any atom is 0.310 e. The quantitative estimate of drug-likeness (QED) is 0.589. The average Bonchev–Trinajstić information content (AvgIpc) is 2.25. The van der Waals surface area contributed by atoms with Crippen molar-refractivity contribution in [1.29, 1.82) is 0 Å². The molecule has 0 aliphatic rings. The van der Waals surface area contributed by atoms with E-state index in [0.717, 1.165) is 0 Å². The van der Waals surface area contributed by atoms with Gasteiger partial charge in [0.2, 0.25) is 0 Å². The largest absolute Gasteiger partial charge is 0.469 e. The van der Waals surface area contributed by atoms with Gasteiger partial charge in [-0.15, -0.1) is 0 Å². The molecule has 1 aromatic rings.